The lowest BCUT2D eigenvalue weighted by Crippen LogP contribution is -2.15. The van der Waals surface area contributed by atoms with E-state index in [9.17, 15) is 14.7 Å². The average Bonchev–Trinajstić information content (AvgIpc) is 2.58. The molecule has 23 heavy (non-hydrogen) atoms. The van der Waals surface area contributed by atoms with Crippen molar-refractivity contribution in [1.82, 2.24) is 0 Å². The number of carbonyl (C=O) groups is 2. The van der Waals surface area contributed by atoms with Crippen molar-refractivity contribution in [2.24, 2.45) is 0 Å². The summed E-state index contributed by atoms with van der Waals surface area (Å²) in [6.07, 6.45) is 0. The molecule has 0 radical (unpaired) electrons. The summed E-state index contributed by atoms with van der Waals surface area (Å²) in [6.45, 7) is 1.55. The first-order valence-corrected chi connectivity index (χ1v) is 7.08. The van der Waals surface area contributed by atoms with Gasteiger partial charge in [-0.15, -0.1) is 0 Å². The molecule has 1 N–H and O–H groups in total. The molecule has 0 heterocycles. The molecule has 0 amide bonds. The van der Waals surface area contributed by atoms with Crippen LogP contribution in [0, 0.1) is 6.92 Å². The second-order valence-corrected chi connectivity index (χ2v) is 5.14. The van der Waals surface area contributed by atoms with Crippen molar-refractivity contribution >= 4 is 23.5 Å². The minimum Gasteiger partial charge on any atom is -0.507 e. The molecule has 0 fully saturated rings. The van der Waals surface area contributed by atoms with Gasteiger partial charge in [0.05, 0.1) is 24.8 Å². The van der Waals surface area contributed by atoms with Crippen molar-refractivity contribution in [3.63, 3.8) is 0 Å². The SMILES string of the molecule is COC(=O)c1c(O)c(C)c(Cl)c(-c2ccccc2)c1C(=O)OC. The number of ether oxygens (including phenoxy) is 2. The highest BCUT2D eigenvalue weighted by molar-refractivity contribution is 6.36. The highest BCUT2D eigenvalue weighted by atomic mass is 35.5. The zero-order valence-corrected chi connectivity index (χ0v) is 13.6. The van der Waals surface area contributed by atoms with Crippen molar-refractivity contribution in [2.45, 2.75) is 6.92 Å². The monoisotopic (exact) mass is 334 g/mol. The molecule has 120 valence electrons. The number of halogens is 1. The van der Waals surface area contributed by atoms with Crippen molar-refractivity contribution in [3.05, 3.63) is 52.0 Å². The standard InChI is InChI=1S/C17H15ClO5/c1-9-14(18)11(10-7-5-4-6-8-10)12(16(20)22-2)13(15(9)19)17(21)23-3/h4-8,19H,1-3H3. The summed E-state index contributed by atoms with van der Waals surface area (Å²) in [7, 11) is 2.35. The Bertz CT molecular complexity index is 769. The molecule has 0 unspecified atom stereocenters. The first kappa shape index (κ1) is 16.8. The normalized spacial score (nSPS) is 10.3. The second-order valence-electron chi connectivity index (χ2n) is 4.76. The predicted molar refractivity (Wildman–Crippen MR) is 86.0 cm³/mol. The first-order valence-electron chi connectivity index (χ1n) is 6.71. The summed E-state index contributed by atoms with van der Waals surface area (Å²) in [5.41, 5.74) is 0.818. The third-order valence-corrected chi connectivity index (χ3v) is 3.95. The lowest BCUT2D eigenvalue weighted by Gasteiger charge is -2.18. The smallest absolute Gasteiger partial charge is 0.342 e. The summed E-state index contributed by atoms with van der Waals surface area (Å²) in [5, 5.41) is 10.5. The van der Waals surface area contributed by atoms with Crippen LogP contribution in [-0.4, -0.2) is 31.3 Å². The molecule has 0 spiro atoms. The first-order chi connectivity index (χ1) is 10.9. The number of aromatic hydroxyl groups is 1. The summed E-state index contributed by atoms with van der Waals surface area (Å²) in [6, 6.07) is 8.83. The van der Waals surface area contributed by atoms with Gasteiger partial charge in [0.15, 0.2) is 0 Å². The van der Waals surface area contributed by atoms with Gasteiger partial charge < -0.3 is 14.6 Å². The van der Waals surface area contributed by atoms with Crippen LogP contribution in [0.4, 0.5) is 0 Å². The summed E-state index contributed by atoms with van der Waals surface area (Å²) in [5.74, 6) is -2.04. The molecule has 0 aliphatic carbocycles. The molecule has 6 heteroatoms. The second kappa shape index (κ2) is 6.71. The quantitative estimate of drug-likeness (QED) is 0.868. The molecule has 2 aromatic rings. The van der Waals surface area contributed by atoms with E-state index in [1.54, 1.807) is 31.2 Å². The lowest BCUT2D eigenvalue weighted by molar-refractivity contribution is 0.0552. The van der Waals surface area contributed by atoms with Crippen LogP contribution in [0.25, 0.3) is 11.1 Å². The lowest BCUT2D eigenvalue weighted by atomic mass is 9.91. The number of carbonyl (C=O) groups excluding carboxylic acids is 2. The Labute approximate surface area is 138 Å². The van der Waals surface area contributed by atoms with E-state index in [4.69, 9.17) is 16.3 Å². The maximum atomic E-state index is 12.3. The molecule has 0 aromatic heterocycles. The van der Waals surface area contributed by atoms with Crippen LogP contribution in [-0.2, 0) is 9.47 Å². The fourth-order valence-corrected chi connectivity index (χ4v) is 2.61. The van der Waals surface area contributed by atoms with E-state index < -0.39 is 17.7 Å². The van der Waals surface area contributed by atoms with E-state index >= 15 is 0 Å². The molecule has 0 saturated heterocycles. The Balaban J connectivity index is 2.97. The molecule has 2 aromatic carbocycles. The third-order valence-electron chi connectivity index (χ3n) is 3.48. The third kappa shape index (κ3) is 2.87. The Hall–Kier alpha value is -2.53. The van der Waals surface area contributed by atoms with Gasteiger partial charge in [-0.3, -0.25) is 0 Å². The van der Waals surface area contributed by atoms with Crippen LogP contribution < -0.4 is 0 Å². The van der Waals surface area contributed by atoms with Crippen LogP contribution in [0.3, 0.4) is 0 Å². The van der Waals surface area contributed by atoms with E-state index in [0.29, 0.717) is 11.1 Å². The molecule has 5 nitrogen and oxygen atoms in total. The molecule has 0 bridgehead atoms. The molecule has 0 atom stereocenters. The number of phenolic OH excluding ortho intramolecular Hbond substituents is 1. The van der Waals surface area contributed by atoms with Gasteiger partial charge in [0.2, 0.25) is 0 Å². The van der Waals surface area contributed by atoms with Crippen molar-refractivity contribution in [1.29, 1.82) is 0 Å². The van der Waals surface area contributed by atoms with Gasteiger partial charge in [-0.1, -0.05) is 41.9 Å². The van der Waals surface area contributed by atoms with Gasteiger partial charge >= 0.3 is 11.9 Å². The van der Waals surface area contributed by atoms with E-state index in [-0.39, 0.29) is 21.7 Å². The minimum atomic E-state index is -0.847. The Morgan fingerprint density at radius 2 is 1.52 bits per heavy atom. The molecular formula is C17H15ClO5. The van der Waals surface area contributed by atoms with Crippen LogP contribution in [0.1, 0.15) is 26.3 Å². The van der Waals surface area contributed by atoms with Gasteiger partial charge in [-0.2, -0.15) is 0 Å². The fraction of sp³-hybridized carbons (Fsp3) is 0.176. The van der Waals surface area contributed by atoms with Crippen LogP contribution in [0.5, 0.6) is 5.75 Å². The Morgan fingerprint density at radius 3 is 2.04 bits per heavy atom. The van der Waals surface area contributed by atoms with Crippen LogP contribution in [0.2, 0.25) is 5.02 Å². The Kier molecular flexibility index (Phi) is 4.91. The van der Waals surface area contributed by atoms with Crippen molar-refractivity contribution in [2.75, 3.05) is 14.2 Å². The zero-order valence-electron chi connectivity index (χ0n) is 12.8. The maximum Gasteiger partial charge on any atom is 0.342 e. The number of benzene rings is 2. The minimum absolute atomic E-state index is 0.126. The summed E-state index contributed by atoms with van der Waals surface area (Å²) in [4.78, 5) is 24.4. The van der Waals surface area contributed by atoms with Crippen LogP contribution in [0.15, 0.2) is 30.3 Å². The van der Waals surface area contributed by atoms with Crippen molar-refractivity contribution in [3.8, 4) is 16.9 Å². The summed E-state index contributed by atoms with van der Waals surface area (Å²) >= 11 is 6.34. The van der Waals surface area contributed by atoms with E-state index in [1.807, 2.05) is 6.07 Å². The van der Waals surface area contributed by atoms with Gasteiger partial charge in [0.25, 0.3) is 0 Å². The number of hydrogen-bond donors (Lipinski definition) is 1. The number of phenols is 1. The zero-order chi connectivity index (χ0) is 17.1. The topological polar surface area (TPSA) is 72.8 Å². The predicted octanol–water partition coefficient (Wildman–Crippen LogP) is 3.59. The fourth-order valence-electron chi connectivity index (χ4n) is 2.31. The number of esters is 2. The van der Waals surface area contributed by atoms with Gasteiger partial charge in [0, 0.05) is 11.1 Å². The molecule has 2 rings (SSSR count). The van der Waals surface area contributed by atoms with E-state index in [0.717, 1.165) is 7.11 Å². The van der Waals surface area contributed by atoms with E-state index in [1.165, 1.54) is 7.11 Å². The number of rotatable bonds is 3. The molecule has 0 aliphatic rings. The molecule has 0 aliphatic heterocycles. The molecular weight excluding hydrogens is 320 g/mol. The van der Waals surface area contributed by atoms with Gasteiger partial charge in [-0.25, -0.2) is 9.59 Å². The van der Waals surface area contributed by atoms with Gasteiger partial charge in [-0.05, 0) is 12.5 Å². The maximum absolute atomic E-state index is 12.3. The van der Waals surface area contributed by atoms with Crippen LogP contribution >= 0.6 is 11.6 Å². The largest absolute Gasteiger partial charge is 0.507 e. The van der Waals surface area contributed by atoms with Gasteiger partial charge in [0.1, 0.15) is 11.3 Å². The number of methoxy groups -OCH3 is 2. The average molecular weight is 335 g/mol. The number of hydrogen-bond acceptors (Lipinski definition) is 5. The highest BCUT2D eigenvalue weighted by Crippen LogP contribution is 2.42. The molecule has 0 saturated carbocycles. The van der Waals surface area contributed by atoms with E-state index in [2.05, 4.69) is 4.74 Å². The van der Waals surface area contributed by atoms with Crippen molar-refractivity contribution < 1.29 is 24.2 Å². The summed E-state index contributed by atoms with van der Waals surface area (Å²) < 4.78 is 9.46. The highest BCUT2D eigenvalue weighted by Gasteiger charge is 2.31. The Morgan fingerprint density at radius 1 is 1.00 bits per heavy atom.